The number of carbonyl (C=O) groups excluding carboxylic acids is 1. The zero-order valence-electron chi connectivity index (χ0n) is 12.4. The average Bonchev–Trinajstić information content (AvgIpc) is 2.88. The SMILES string of the molecule is Cc1cnc(CNC(=O)NCc2cccnc2N(C)C)s1. The smallest absolute Gasteiger partial charge is 0.315 e. The minimum atomic E-state index is -0.212. The second-order valence-corrected chi connectivity index (χ2v) is 6.10. The van der Waals surface area contributed by atoms with Crippen molar-refractivity contribution < 1.29 is 4.79 Å². The quantitative estimate of drug-likeness (QED) is 0.885. The Balaban J connectivity index is 1.84. The maximum absolute atomic E-state index is 11.8. The van der Waals surface area contributed by atoms with Gasteiger partial charge in [0.25, 0.3) is 0 Å². The van der Waals surface area contributed by atoms with Crippen molar-refractivity contribution in [3.05, 3.63) is 40.0 Å². The number of hydrogen-bond acceptors (Lipinski definition) is 5. The topological polar surface area (TPSA) is 70.1 Å². The van der Waals surface area contributed by atoms with Gasteiger partial charge in [0.05, 0.1) is 6.54 Å². The molecule has 0 spiro atoms. The Morgan fingerprint density at radius 2 is 2.05 bits per heavy atom. The normalized spacial score (nSPS) is 10.2. The summed E-state index contributed by atoms with van der Waals surface area (Å²) in [6.07, 6.45) is 3.54. The first-order chi connectivity index (χ1) is 10.1. The highest BCUT2D eigenvalue weighted by atomic mass is 32.1. The van der Waals surface area contributed by atoms with E-state index >= 15 is 0 Å². The zero-order chi connectivity index (χ0) is 15.2. The molecule has 2 amide bonds. The van der Waals surface area contributed by atoms with Gasteiger partial charge in [0.1, 0.15) is 10.8 Å². The molecule has 0 aliphatic rings. The third-order valence-corrected chi connectivity index (χ3v) is 3.71. The standard InChI is InChI=1S/C14H19N5OS/c1-10-7-16-12(21-10)9-18-14(20)17-8-11-5-4-6-15-13(11)19(2)3/h4-7H,8-9H2,1-3H3,(H2,17,18,20). The predicted octanol–water partition coefficient (Wildman–Crippen LogP) is 1.91. The Morgan fingerprint density at radius 3 is 2.71 bits per heavy atom. The fraction of sp³-hybridized carbons (Fsp3) is 0.357. The summed E-state index contributed by atoms with van der Waals surface area (Å²) in [5.41, 5.74) is 0.975. The van der Waals surface area contributed by atoms with Crippen LogP contribution in [0.5, 0.6) is 0 Å². The van der Waals surface area contributed by atoms with Gasteiger partial charge in [-0.2, -0.15) is 0 Å². The summed E-state index contributed by atoms with van der Waals surface area (Å²) in [7, 11) is 3.85. The first-order valence-corrected chi connectivity index (χ1v) is 7.42. The molecule has 7 heteroatoms. The number of amides is 2. The number of anilines is 1. The van der Waals surface area contributed by atoms with Crippen molar-refractivity contribution >= 4 is 23.2 Å². The lowest BCUT2D eigenvalue weighted by atomic mass is 10.2. The number of aryl methyl sites for hydroxylation is 1. The summed E-state index contributed by atoms with van der Waals surface area (Å²) in [5, 5.41) is 6.53. The summed E-state index contributed by atoms with van der Waals surface area (Å²) in [6, 6.07) is 3.60. The van der Waals surface area contributed by atoms with Crippen LogP contribution in [-0.4, -0.2) is 30.1 Å². The second kappa shape index (κ2) is 7.03. The number of carbonyl (C=O) groups is 1. The lowest BCUT2D eigenvalue weighted by Gasteiger charge is -2.16. The molecule has 2 rings (SSSR count). The fourth-order valence-electron chi connectivity index (χ4n) is 1.85. The van der Waals surface area contributed by atoms with Crippen molar-refractivity contribution in [1.82, 2.24) is 20.6 Å². The van der Waals surface area contributed by atoms with Gasteiger partial charge in [-0.15, -0.1) is 11.3 Å². The third kappa shape index (κ3) is 4.42. The second-order valence-electron chi connectivity index (χ2n) is 4.78. The van der Waals surface area contributed by atoms with Gasteiger partial charge in [-0.05, 0) is 13.0 Å². The predicted molar refractivity (Wildman–Crippen MR) is 84.5 cm³/mol. The molecule has 2 aromatic rings. The molecule has 2 heterocycles. The lowest BCUT2D eigenvalue weighted by molar-refractivity contribution is 0.240. The minimum absolute atomic E-state index is 0.212. The Labute approximate surface area is 128 Å². The summed E-state index contributed by atoms with van der Waals surface area (Å²) in [6.45, 7) is 2.87. The van der Waals surface area contributed by atoms with Crippen molar-refractivity contribution in [1.29, 1.82) is 0 Å². The van der Waals surface area contributed by atoms with Crippen molar-refractivity contribution in [2.75, 3.05) is 19.0 Å². The molecule has 0 atom stereocenters. The van der Waals surface area contributed by atoms with Crippen LogP contribution in [-0.2, 0) is 13.1 Å². The van der Waals surface area contributed by atoms with Crippen LogP contribution >= 0.6 is 11.3 Å². The molecule has 6 nitrogen and oxygen atoms in total. The van der Waals surface area contributed by atoms with E-state index in [1.165, 1.54) is 0 Å². The number of pyridine rings is 1. The van der Waals surface area contributed by atoms with E-state index in [0.717, 1.165) is 21.3 Å². The van der Waals surface area contributed by atoms with Crippen LogP contribution in [0.2, 0.25) is 0 Å². The average molecular weight is 305 g/mol. The van der Waals surface area contributed by atoms with Crippen LogP contribution in [0.1, 0.15) is 15.4 Å². The van der Waals surface area contributed by atoms with Gasteiger partial charge in [-0.25, -0.2) is 14.8 Å². The van der Waals surface area contributed by atoms with E-state index in [0.29, 0.717) is 13.1 Å². The summed E-state index contributed by atoms with van der Waals surface area (Å²) >= 11 is 1.58. The highest BCUT2D eigenvalue weighted by Crippen LogP contribution is 2.14. The number of nitrogens with one attached hydrogen (secondary N) is 2. The first kappa shape index (κ1) is 15.2. The number of rotatable bonds is 5. The molecule has 0 radical (unpaired) electrons. The number of urea groups is 1. The highest BCUT2D eigenvalue weighted by Gasteiger charge is 2.07. The number of nitrogens with zero attached hydrogens (tertiary/aromatic N) is 3. The van der Waals surface area contributed by atoms with E-state index in [1.807, 2.05) is 38.1 Å². The number of aromatic nitrogens is 2. The van der Waals surface area contributed by atoms with Gasteiger partial charge >= 0.3 is 6.03 Å². The molecular formula is C14H19N5OS. The molecule has 0 aromatic carbocycles. The molecule has 2 N–H and O–H groups in total. The van der Waals surface area contributed by atoms with E-state index in [9.17, 15) is 4.79 Å². The van der Waals surface area contributed by atoms with Crippen molar-refractivity contribution in [2.45, 2.75) is 20.0 Å². The van der Waals surface area contributed by atoms with Crippen molar-refractivity contribution in [3.8, 4) is 0 Å². The Morgan fingerprint density at radius 1 is 1.29 bits per heavy atom. The van der Waals surface area contributed by atoms with E-state index in [1.54, 1.807) is 23.7 Å². The third-order valence-electron chi connectivity index (χ3n) is 2.80. The summed E-state index contributed by atoms with van der Waals surface area (Å²) < 4.78 is 0. The molecule has 0 unspecified atom stereocenters. The molecule has 0 aliphatic carbocycles. The Kier molecular flexibility index (Phi) is 5.10. The molecule has 0 aliphatic heterocycles. The molecule has 0 bridgehead atoms. The molecular weight excluding hydrogens is 286 g/mol. The van der Waals surface area contributed by atoms with Crippen LogP contribution in [0, 0.1) is 6.92 Å². The molecule has 0 saturated heterocycles. The van der Waals surface area contributed by atoms with Gasteiger partial charge in [0, 0.05) is 43.5 Å². The molecule has 112 valence electrons. The number of thiazole rings is 1. The number of hydrogen-bond donors (Lipinski definition) is 2. The van der Waals surface area contributed by atoms with Gasteiger partial charge in [-0.3, -0.25) is 0 Å². The zero-order valence-corrected chi connectivity index (χ0v) is 13.2. The van der Waals surface area contributed by atoms with Gasteiger partial charge in [0.2, 0.25) is 0 Å². The van der Waals surface area contributed by atoms with Crippen LogP contribution in [0.3, 0.4) is 0 Å². The Hall–Kier alpha value is -2.15. The maximum atomic E-state index is 11.8. The lowest BCUT2D eigenvalue weighted by Crippen LogP contribution is -2.34. The molecule has 21 heavy (non-hydrogen) atoms. The van der Waals surface area contributed by atoms with Gasteiger partial charge in [-0.1, -0.05) is 6.07 Å². The van der Waals surface area contributed by atoms with Crippen LogP contribution in [0.15, 0.2) is 24.5 Å². The van der Waals surface area contributed by atoms with E-state index in [4.69, 9.17) is 0 Å². The Bertz CT molecular complexity index is 611. The summed E-state index contributed by atoms with van der Waals surface area (Å²) in [5.74, 6) is 0.855. The monoisotopic (exact) mass is 305 g/mol. The van der Waals surface area contributed by atoms with E-state index in [-0.39, 0.29) is 6.03 Å². The first-order valence-electron chi connectivity index (χ1n) is 6.60. The van der Waals surface area contributed by atoms with Gasteiger partial charge in [0.15, 0.2) is 0 Å². The van der Waals surface area contributed by atoms with Crippen molar-refractivity contribution in [2.24, 2.45) is 0 Å². The summed E-state index contributed by atoms with van der Waals surface area (Å²) in [4.78, 5) is 23.4. The van der Waals surface area contributed by atoms with Crippen LogP contribution in [0.25, 0.3) is 0 Å². The van der Waals surface area contributed by atoms with Crippen LogP contribution in [0.4, 0.5) is 10.6 Å². The van der Waals surface area contributed by atoms with Gasteiger partial charge < -0.3 is 15.5 Å². The van der Waals surface area contributed by atoms with Crippen molar-refractivity contribution in [3.63, 3.8) is 0 Å². The molecule has 0 saturated carbocycles. The minimum Gasteiger partial charge on any atom is -0.362 e. The fourth-order valence-corrected chi connectivity index (χ4v) is 2.57. The van der Waals surface area contributed by atoms with E-state index in [2.05, 4.69) is 20.6 Å². The highest BCUT2D eigenvalue weighted by molar-refractivity contribution is 7.11. The van der Waals surface area contributed by atoms with E-state index < -0.39 is 0 Å². The molecule has 2 aromatic heterocycles. The largest absolute Gasteiger partial charge is 0.362 e. The van der Waals surface area contributed by atoms with Crippen LogP contribution < -0.4 is 15.5 Å². The maximum Gasteiger partial charge on any atom is 0.315 e. The molecule has 0 fully saturated rings.